The maximum Gasteiger partial charge on any atom is 0.318 e. The van der Waals surface area contributed by atoms with Gasteiger partial charge in [0.25, 0.3) is 0 Å². The Labute approximate surface area is 69.6 Å². The van der Waals surface area contributed by atoms with Gasteiger partial charge in [0, 0.05) is 16.6 Å². The molecule has 0 saturated heterocycles. The van der Waals surface area contributed by atoms with E-state index in [2.05, 4.69) is 4.74 Å². The van der Waals surface area contributed by atoms with Crippen molar-refractivity contribution < 1.29 is 13.7 Å². The smallest absolute Gasteiger partial charge is 0.318 e. The zero-order chi connectivity index (χ0) is 8.69. The van der Waals surface area contributed by atoms with Crippen LogP contribution in [-0.4, -0.2) is 28.3 Å². The van der Waals surface area contributed by atoms with Crippen LogP contribution >= 0.6 is 0 Å². The minimum Gasteiger partial charge on any atom is -0.465 e. The molecule has 3 nitrogen and oxygen atoms in total. The van der Waals surface area contributed by atoms with Gasteiger partial charge in [-0.05, 0) is 13.3 Å². The fraction of sp³-hybridized carbons (Fsp3) is 0.857. The lowest BCUT2D eigenvalue weighted by molar-refractivity contribution is -0.139. The number of esters is 1. The van der Waals surface area contributed by atoms with Gasteiger partial charge < -0.3 is 4.74 Å². The van der Waals surface area contributed by atoms with Crippen molar-refractivity contribution in [2.75, 3.05) is 18.1 Å². The second-order valence-corrected chi connectivity index (χ2v) is 3.67. The highest BCUT2D eigenvalue weighted by Crippen LogP contribution is 1.88. The third kappa shape index (κ3) is 6.04. The molecule has 0 heterocycles. The molecule has 66 valence electrons. The van der Waals surface area contributed by atoms with Crippen molar-refractivity contribution in [2.45, 2.75) is 20.3 Å². The first-order valence-electron chi connectivity index (χ1n) is 3.71. The topological polar surface area (TPSA) is 43.4 Å². The SMILES string of the molecule is CCCS(=O)CC(=O)OCC. The molecule has 0 saturated carbocycles. The third-order valence-corrected chi connectivity index (χ3v) is 2.44. The lowest BCUT2D eigenvalue weighted by atomic mass is 10.6. The summed E-state index contributed by atoms with van der Waals surface area (Å²) in [5.74, 6) is 0.264. The van der Waals surface area contributed by atoms with E-state index in [0.717, 1.165) is 6.42 Å². The van der Waals surface area contributed by atoms with Crippen LogP contribution in [0, 0.1) is 0 Å². The number of hydrogen-bond donors (Lipinski definition) is 0. The summed E-state index contributed by atoms with van der Waals surface area (Å²) in [6.45, 7) is 4.03. The summed E-state index contributed by atoms with van der Waals surface area (Å²) in [5.41, 5.74) is 0. The molecule has 0 aromatic rings. The Morgan fingerprint density at radius 2 is 2.09 bits per heavy atom. The van der Waals surface area contributed by atoms with E-state index < -0.39 is 10.8 Å². The fourth-order valence-electron chi connectivity index (χ4n) is 0.634. The van der Waals surface area contributed by atoms with Crippen LogP contribution in [0.25, 0.3) is 0 Å². The van der Waals surface area contributed by atoms with E-state index in [1.807, 2.05) is 6.92 Å². The van der Waals surface area contributed by atoms with Crippen molar-refractivity contribution in [1.29, 1.82) is 0 Å². The highest BCUT2D eigenvalue weighted by molar-refractivity contribution is 7.85. The quantitative estimate of drug-likeness (QED) is 0.582. The normalized spacial score (nSPS) is 12.5. The first kappa shape index (κ1) is 10.6. The van der Waals surface area contributed by atoms with E-state index >= 15 is 0 Å². The van der Waals surface area contributed by atoms with Crippen LogP contribution < -0.4 is 0 Å². The second-order valence-electron chi connectivity index (χ2n) is 2.09. The van der Waals surface area contributed by atoms with Crippen molar-refractivity contribution in [1.82, 2.24) is 0 Å². The number of ether oxygens (including phenoxy) is 1. The van der Waals surface area contributed by atoms with Gasteiger partial charge >= 0.3 is 5.97 Å². The molecular formula is C7H14O3S. The Morgan fingerprint density at radius 1 is 1.45 bits per heavy atom. The summed E-state index contributed by atoms with van der Waals surface area (Å²) < 4.78 is 15.6. The molecule has 0 aromatic heterocycles. The van der Waals surface area contributed by atoms with E-state index in [4.69, 9.17) is 0 Å². The first-order chi connectivity index (χ1) is 5.20. The van der Waals surface area contributed by atoms with Gasteiger partial charge in [0.15, 0.2) is 0 Å². The Balaban J connectivity index is 3.49. The molecule has 1 unspecified atom stereocenters. The molecule has 4 heteroatoms. The van der Waals surface area contributed by atoms with Crippen LogP contribution in [0.5, 0.6) is 0 Å². The first-order valence-corrected chi connectivity index (χ1v) is 5.20. The van der Waals surface area contributed by atoms with Gasteiger partial charge in [0.05, 0.1) is 6.61 Å². The Morgan fingerprint density at radius 3 is 2.55 bits per heavy atom. The highest BCUT2D eigenvalue weighted by Gasteiger charge is 2.06. The summed E-state index contributed by atoms with van der Waals surface area (Å²) in [4.78, 5) is 10.7. The van der Waals surface area contributed by atoms with Crippen LogP contribution in [0.1, 0.15) is 20.3 Å². The molecule has 0 rings (SSSR count). The molecule has 0 radical (unpaired) electrons. The molecule has 11 heavy (non-hydrogen) atoms. The van der Waals surface area contributed by atoms with Crippen LogP contribution in [0.2, 0.25) is 0 Å². The van der Waals surface area contributed by atoms with Crippen molar-refractivity contribution >= 4 is 16.8 Å². The minimum absolute atomic E-state index is 0.0433. The van der Waals surface area contributed by atoms with Gasteiger partial charge in [-0.3, -0.25) is 9.00 Å². The largest absolute Gasteiger partial charge is 0.465 e. The zero-order valence-corrected chi connectivity index (χ0v) is 7.78. The molecular weight excluding hydrogens is 164 g/mol. The van der Waals surface area contributed by atoms with E-state index in [9.17, 15) is 9.00 Å². The molecule has 1 atom stereocenters. The predicted octanol–water partition coefficient (Wildman–Crippen LogP) is 0.708. The molecule has 0 bridgehead atoms. The zero-order valence-electron chi connectivity index (χ0n) is 6.96. The lowest BCUT2D eigenvalue weighted by Crippen LogP contribution is -2.15. The van der Waals surface area contributed by atoms with Gasteiger partial charge in [0.1, 0.15) is 5.75 Å². The van der Waals surface area contributed by atoms with Crippen molar-refractivity contribution in [3.05, 3.63) is 0 Å². The van der Waals surface area contributed by atoms with Crippen LogP contribution in [-0.2, 0) is 20.3 Å². The summed E-state index contributed by atoms with van der Waals surface area (Å²) >= 11 is 0. The average molecular weight is 178 g/mol. The van der Waals surface area contributed by atoms with Crippen molar-refractivity contribution in [2.24, 2.45) is 0 Å². The van der Waals surface area contributed by atoms with E-state index in [-0.39, 0.29) is 11.7 Å². The van der Waals surface area contributed by atoms with Gasteiger partial charge in [-0.25, -0.2) is 0 Å². The third-order valence-electron chi connectivity index (χ3n) is 1.02. The van der Waals surface area contributed by atoms with Crippen LogP contribution in [0.4, 0.5) is 0 Å². The summed E-state index contributed by atoms with van der Waals surface area (Å²) in [6, 6.07) is 0. The predicted molar refractivity (Wildman–Crippen MR) is 44.8 cm³/mol. The standard InChI is InChI=1S/C7H14O3S/c1-3-5-11(9)6-7(8)10-4-2/h3-6H2,1-2H3. The molecule has 0 amide bonds. The van der Waals surface area contributed by atoms with Crippen molar-refractivity contribution in [3.8, 4) is 0 Å². The maximum absolute atomic E-state index is 10.9. The molecule has 0 N–H and O–H groups in total. The van der Waals surface area contributed by atoms with Crippen molar-refractivity contribution in [3.63, 3.8) is 0 Å². The Bertz CT molecular complexity index is 129. The summed E-state index contributed by atoms with van der Waals surface area (Å²) in [5, 5.41) is 0. The Hall–Kier alpha value is -0.380. The van der Waals surface area contributed by atoms with Crippen LogP contribution in [0.3, 0.4) is 0 Å². The number of hydrogen-bond acceptors (Lipinski definition) is 3. The fourth-order valence-corrected chi connectivity index (χ4v) is 1.58. The number of carbonyl (C=O) groups excluding carboxylic acids is 1. The Kier molecular flexibility index (Phi) is 6.12. The monoisotopic (exact) mass is 178 g/mol. The molecule has 0 aliphatic carbocycles. The maximum atomic E-state index is 10.9. The van der Waals surface area contributed by atoms with E-state index in [1.165, 1.54) is 0 Å². The second kappa shape index (κ2) is 6.34. The van der Waals surface area contributed by atoms with Gasteiger partial charge in [-0.15, -0.1) is 0 Å². The number of carbonyl (C=O) groups is 1. The number of rotatable bonds is 5. The summed E-state index contributed by atoms with van der Waals surface area (Å²) in [7, 11) is -1.03. The molecule has 0 fully saturated rings. The minimum atomic E-state index is -1.03. The molecule has 0 spiro atoms. The molecule has 0 aliphatic heterocycles. The van der Waals surface area contributed by atoms with Gasteiger partial charge in [-0.1, -0.05) is 6.92 Å². The highest BCUT2D eigenvalue weighted by atomic mass is 32.2. The van der Waals surface area contributed by atoms with Gasteiger partial charge in [0.2, 0.25) is 0 Å². The lowest BCUT2D eigenvalue weighted by Gasteiger charge is -1.99. The van der Waals surface area contributed by atoms with E-state index in [1.54, 1.807) is 6.92 Å². The van der Waals surface area contributed by atoms with E-state index in [0.29, 0.717) is 12.4 Å². The molecule has 0 aliphatic rings. The molecule has 0 aromatic carbocycles. The van der Waals surface area contributed by atoms with Crippen LogP contribution in [0.15, 0.2) is 0 Å². The average Bonchev–Trinajstić information content (AvgIpc) is 1.87. The van der Waals surface area contributed by atoms with Gasteiger partial charge in [-0.2, -0.15) is 0 Å². The summed E-state index contributed by atoms with van der Waals surface area (Å²) in [6.07, 6.45) is 0.839.